The van der Waals surface area contributed by atoms with Crippen molar-refractivity contribution < 1.29 is 19.4 Å². The van der Waals surface area contributed by atoms with Crippen molar-refractivity contribution in [2.24, 2.45) is 5.92 Å². The summed E-state index contributed by atoms with van der Waals surface area (Å²) >= 11 is 1.33. The Morgan fingerprint density at radius 3 is 2.62 bits per heavy atom. The molecule has 5 heteroatoms. The highest BCUT2D eigenvalue weighted by atomic mass is 32.1. The summed E-state index contributed by atoms with van der Waals surface area (Å²) in [5.74, 6) is -3.32. The highest BCUT2D eigenvalue weighted by molar-refractivity contribution is 7.08. The van der Waals surface area contributed by atoms with Gasteiger partial charge in [-0.25, -0.2) is 0 Å². The number of hydrogen-bond donors (Lipinski definition) is 0. The van der Waals surface area contributed by atoms with Crippen LogP contribution in [0, 0.1) is 5.92 Å². The first-order chi connectivity index (χ1) is 7.52. The van der Waals surface area contributed by atoms with Crippen molar-refractivity contribution >= 4 is 23.3 Å². The number of aliphatic carboxylic acids is 1. The SMILES string of the molecule is CC(C)COC(=O)C(C(=O)[O-])c1ccsc1. The number of carbonyl (C=O) groups excluding carboxylic acids is 2. The van der Waals surface area contributed by atoms with Crippen LogP contribution < -0.4 is 5.11 Å². The molecule has 1 rings (SSSR count). The van der Waals surface area contributed by atoms with Crippen LogP contribution in [0.5, 0.6) is 0 Å². The van der Waals surface area contributed by atoms with Gasteiger partial charge in [0.05, 0.1) is 12.6 Å². The molecule has 1 aromatic heterocycles. The summed E-state index contributed by atoms with van der Waals surface area (Å²) in [6, 6.07) is 1.59. The van der Waals surface area contributed by atoms with Gasteiger partial charge in [0.25, 0.3) is 0 Å². The van der Waals surface area contributed by atoms with Gasteiger partial charge in [-0.3, -0.25) is 4.79 Å². The average Bonchev–Trinajstić information content (AvgIpc) is 2.67. The first-order valence-corrected chi connectivity index (χ1v) is 5.86. The molecule has 0 spiro atoms. The van der Waals surface area contributed by atoms with Gasteiger partial charge in [0.2, 0.25) is 0 Å². The van der Waals surface area contributed by atoms with Gasteiger partial charge >= 0.3 is 5.97 Å². The van der Waals surface area contributed by atoms with Crippen LogP contribution in [0.25, 0.3) is 0 Å². The highest BCUT2D eigenvalue weighted by Gasteiger charge is 2.24. The van der Waals surface area contributed by atoms with Gasteiger partial charge in [0.15, 0.2) is 0 Å². The van der Waals surface area contributed by atoms with Gasteiger partial charge in [0.1, 0.15) is 5.92 Å². The molecule has 1 aromatic rings. The van der Waals surface area contributed by atoms with Crippen LogP contribution in [0.3, 0.4) is 0 Å². The maximum atomic E-state index is 11.5. The number of thiophene rings is 1. The van der Waals surface area contributed by atoms with E-state index in [-0.39, 0.29) is 12.5 Å². The zero-order valence-electron chi connectivity index (χ0n) is 9.14. The molecule has 88 valence electrons. The summed E-state index contributed by atoms with van der Waals surface area (Å²) in [5, 5.41) is 14.2. The highest BCUT2D eigenvalue weighted by Crippen LogP contribution is 2.20. The third kappa shape index (κ3) is 3.34. The van der Waals surface area contributed by atoms with Gasteiger partial charge in [-0.15, -0.1) is 0 Å². The second-order valence-electron chi connectivity index (χ2n) is 3.83. The van der Waals surface area contributed by atoms with E-state index >= 15 is 0 Å². The number of hydrogen-bond acceptors (Lipinski definition) is 5. The van der Waals surface area contributed by atoms with E-state index in [4.69, 9.17) is 4.74 Å². The van der Waals surface area contributed by atoms with Crippen LogP contribution in [-0.4, -0.2) is 18.5 Å². The lowest BCUT2D eigenvalue weighted by Gasteiger charge is -2.16. The molecule has 0 N–H and O–H groups in total. The Labute approximate surface area is 97.9 Å². The van der Waals surface area contributed by atoms with Crippen LogP contribution in [-0.2, 0) is 14.3 Å². The Bertz CT molecular complexity index is 356. The van der Waals surface area contributed by atoms with Crippen molar-refractivity contribution in [1.29, 1.82) is 0 Å². The van der Waals surface area contributed by atoms with Crippen molar-refractivity contribution in [3.63, 3.8) is 0 Å². The summed E-state index contributed by atoms with van der Waals surface area (Å²) in [4.78, 5) is 22.4. The molecule has 1 atom stereocenters. The standard InChI is InChI=1S/C11H14O4S/c1-7(2)5-15-11(14)9(10(12)13)8-3-4-16-6-8/h3-4,6-7,9H,5H2,1-2H3,(H,12,13)/p-1. The predicted octanol–water partition coefficient (Wildman–Crippen LogP) is 0.781. The number of carbonyl (C=O) groups is 2. The topological polar surface area (TPSA) is 66.4 Å². The van der Waals surface area contributed by atoms with E-state index in [1.807, 2.05) is 13.8 Å². The van der Waals surface area contributed by atoms with Crippen LogP contribution in [0.15, 0.2) is 16.8 Å². The quantitative estimate of drug-likeness (QED) is 0.564. The number of rotatable bonds is 5. The van der Waals surface area contributed by atoms with Gasteiger partial charge in [0, 0.05) is 0 Å². The minimum atomic E-state index is -1.42. The fraction of sp³-hybridized carbons (Fsp3) is 0.455. The van der Waals surface area contributed by atoms with E-state index in [0.717, 1.165) is 0 Å². The Hall–Kier alpha value is -1.36. The van der Waals surface area contributed by atoms with E-state index in [9.17, 15) is 14.7 Å². The third-order valence-electron chi connectivity index (χ3n) is 1.91. The van der Waals surface area contributed by atoms with E-state index < -0.39 is 17.9 Å². The molecule has 0 aliphatic rings. The number of carboxylic acids is 1. The van der Waals surface area contributed by atoms with Crippen LogP contribution in [0.2, 0.25) is 0 Å². The molecule has 16 heavy (non-hydrogen) atoms. The van der Waals surface area contributed by atoms with E-state index in [1.165, 1.54) is 11.3 Å². The van der Waals surface area contributed by atoms with E-state index in [0.29, 0.717) is 5.56 Å². The molecule has 0 aliphatic heterocycles. The number of esters is 1. The summed E-state index contributed by atoms with van der Waals surface area (Å²) < 4.78 is 4.90. The molecule has 0 fully saturated rings. The fourth-order valence-electron chi connectivity index (χ4n) is 1.14. The molecule has 0 amide bonds. The van der Waals surface area contributed by atoms with Crippen LogP contribution in [0.1, 0.15) is 25.3 Å². The van der Waals surface area contributed by atoms with E-state index in [2.05, 4.69) is 0 Å². The summed E-state index contributed by atoms with van der Waals surface area (Å²) in [6.07, 6.45) is 0. The molecule has 0 radical (unpaired) electrons. The van der Waals surface area contributed by atoms with Crippen molar-refractivity contribution in [3.8, 4) is 0 Å². The maximum absolute atomic E-state index is 11.5. The molecular formula is C11H13O4S-. The second-order valence-corrected chi connectivity index (χ2v) is 4.61. The van der Waals surface area contributed by atoms with Gasteiger partial charge in [-0.1, -0.05) is 13.8 Å². The molecule has 0 saturated heterocycles. The molecule has 1 heterocycles. The predicted molar refractivity (Wildman–Crippen MR) is 57.9 cm³/mol. The second kappa shape index (κ2) is 5.65. The lowest BCUT2D eigenvalue weighted by atomic mass is 10.0. The zero-order valence-corrected chi connectivity index (χ0v) is 9.95. The Kier molecular flexibility index (Phi) is 4.49. The van der Waals surface area contributed by atoms with E-state index in [1.54, 1.807) is 16.8 Å². The maximum Gasteiger partial charge on any atom is 0.319 e. The minimum Gasteiger partial charge on any atom is -0.549 e. The summed E-state index contributed by atoms with van der Waals surface area (Å²) in [7, 11) is 0. The van der Waals surface area contributed by atoms with Crippen LogP contribution in [0.4, 0.5) is 0 Å². The van der Waals surface area contributed by atoms with Crippen molar-refractivity contribution in [2.45, 2.75) is 19.8 Å². The van der Waals surface area contributed by atoms with Crippen molar-refractivity contribution in [2.75, 3.05) is 6.61 Å². The summed E-state index contributed by atoms with van der Waals surface area (Å²) in [5.41, 5.74) is 0.416. The minimum absolute atomic E-state index is 0.175. The number of ether oxygens (including phenoxy) is 1. The Morgan fingerprint density at radius 1 is 1.50 bits per heavy atom. The van der Waals surface area contributed by atoms with Crippen molar-refractivity contribution in [1.82, 2.24) is 0 Å². The molecule has 4 nitrogen and oxygen atoms in total. The van der Waals surface area contributed by atoms with Gasteiger partial charge in [-0.2, -0.15) is 11.3 Å². The zero-order chi connectivity index (χ0) is 12.1. The first kappa shape index (κ1) is 12.7. The molecule has 0 bridgehead atoms. The fourth-order valence-corrected chi connectivity index (χ4v) is 1.83. The largest absolute Gasteiger partial charge is 0.549 e. The van der Waals surface area contributed by atoms with Crippen molar-refractivity contribution in [3.05, 3.63) is 22.4 Å². The van der Waals surface area contributed by atoms with Gasteiger partial charge < -0.3 is 14.6 Å². The smallest absolute Gasteiger partial charge is 0.319 e. The monoisotopic (exact) mass is 241 g/mol. The Morgan fingerprint density at radius 2 is 2.19 bits per heavy atom. The lowest BCUT2D eigenvalue weighted by molar-refractivity contribution is -0.307. The molecular weight excluding hydrogens is 228 g/mol. The molecule has 0 aromatic carbocycles. The third-order valence-corrected chi connectivity index (χ3v) is 2.61. The average molecular weight is 241 g/mol. The van der Waals surface area contributed by atoms with Crippen LogP contribution >= 0.6 is 11.3 Å². The lowest BCUT2D eigenvalue weighted by Crippen LogP contribution is -2.35. The first-order valence-electron chi connectivity index (χ1n) is 4.92. The summed E-state index contributed by atoms with van der Waals surface area (Å²) in [6.45, 7) is 3.98. The Balaban J connectivity index is 2.72. The normalized spacial score (nSPS) is 12.4. The van der Waals surface area contributed by atoms with Gasteiger partial charge in [-0.05, 0) is 28.3 Å². The molecule has 1 unspecified atom stereocenters. The molecule has 0 saturated carbocycles. The number of carboxylic acid groups (broad SMARTS) is 1. The molecule has 0 aliphatic carbocycles.